The van der Waals surface area contributed by atoms with Gasteiger partial charge in [-0.3, -0.25) is 19.4 Å². The van der Waals surface area contributed by atoms with Gasteiger partial charge in [0.2, 0.25) is 11.8 Å². The number of carbonyl (C=O) groups is 4. The lowest BCUT2D eigenvalue weighted by atomic mass is 9.82. The molecule has 3 amide bonds. The number of hydrogen-bond acceptors (Lipinski definition) is 6. The van der Waals surface area contributed by atoms with E-state index in [1.807, 2.05) is 20.8 Å². The van der Waals surface area contributed by atoms with E-state index < -0.39 is 41.3 Å². The molecule has 4 rings (SSSR count). The number of nitrogens with zero attached hydrogens (tertiary/aromatic N) is 3. The Morgan fingerprint density at radius 3 is 2.35 bits per heavy atom. The number of amides is 3. The van der Waals surface area contributed by atoms with Gasteiger partial charge in [-0.2, -0.15) is 0 Å². The minimum atomic E-state index is -0.988. The number of carboxylic acid groups (broad SMARTS) is 1. The summed E-state index contributed by atoms with van der Waals surface area (Å²) in [6.07, 6.45) is 11.5. The second-order valence-corrected chi connectivity index (χ2v) is 11.9. The van der Waals surface area contributed by atoms with Gasteiger partial charge in [0.25, 0.3) is 5.91 Å². The second-order valence-electron chi connectivity index (χ2n) is 11.9. The summed E-state index contributed by atoms with van der Waals surface area (Å²) < 4.78 is 0. The summed E-state index contributed by atoms with van der Waals surface area (Å²) in [5.74, 6) is -2.20. The van der Waals surface area contributed by atoms with Gasteiger partial charge in [0.05, 0.1) is 6.20 Å². The van der Waals surface area contributed by atoms with Gasteiger partial charge in [-0.25, -0.2) is 9.78 Å². The van der Waals surface area contributed by atoms with E-state index in [2.05, 4.69) is 20.6 Å². The Kier molecular flexibility index (Phi) is 8.14. The van der Waals surface area contributed by atoms with E-state index in [9.17, 15) is 24.3 Å². The maximum atomic E-state index is 13.9. The molecule has 0 spiro atoms. The van der Waals surface area contributed by atoms with Crippen molar-refractivity contribution in [3.8, 4) is 0 Å². The van der Waals surface area contributed by atoms with Gasteiger partial charge in [-0.15, -0.1) is 0 Å². The molecular weight excluding hydrogens is 474 g/mol. The van der Waals surface area contributed by atoms with Gasteiger partial charge in [0.1, 0.15) is 23.8 Å². The number of aliphatic carboxylic acids is 1. The predicted octanol–water partition coefficient (Wildman–Crippen LogP) is 2.40. The third kappa shape index (κ3) is 5.93. The largest absolute Gasteiger partial charge is 0.480 e. The van der Waals surface area contributed by atoms with Crippen molar-refractivity contribution in [3.05, 3.63) is 24.3 Å². The van der Waals surface area contributed by atoms with Crippen molar-refractivity contribution >= 4 is 23.7 Å². The Bertz CT molecular complexity index is 1000. The van der Waals surface area contributed by atoms with Crippen LogP contribution in [0.2, 0.25) is 0 Å². The fraction of sp³-hybridized carbons (Fsp3) is 0.704. The van der Waals surface area contributed by atoms with Crippen LogP contribution in [0.5, 0.6) is 0 Å². The van der Waals surface area contributed by atoms with Crippen molar-refractivity contribution in [2.45, 2.75) is 90.3 Å². The summed E-state index contributed by atoms with van der Waals surface area (Å²) >= 11 is 0. The topological polar surface area (TPSA) is 142 Å². The zero-order chi connectivity index (χ0) is 26.7. The van der Waals surface area contributed by atoms with Crippen LogP contribution in [0, 0.1) is 23.2 Å². The molecule has 3 aliphatic rings. The van der Waals surface area contributed by atoms with Crippen molar-refractivity contribution in [2.75, 3.05) is 6.54 Å². The lowest BCUT2D eigenvalue weighted by Crippen LogP contribution is -2.61. The minimum absolute atomic E-state index is 0.0426. The summed E-state index contributed by atoms with van der Waals surface area (Å²) in [4.78, 5) is 62.2. The molecule has 2 saturated carbocycles. The molecule has 3 fully saturated rings. The van der Waals surface area contributed by atoms with Crippen molar-refractivity contribution in [1.82, 2.24) is 25.5 Å². The molecule has 3 N–H and O–H groups in total. The molecule has 1 aromatic heterocycles. The van der Waals surface area contributed by atoms with E-state index >= 15 is 0 Å². The molecule has 0 bridgehead atoms. The van der Waals surface area contributed by atoms with Crippen LogP contribution in [-0.2, 0) is 14.4 Å². The smallest absolute Gasteiger partial charge is 0.326 e. The third-order valence-corrected chi connectivity index (χ3v) is 8.31. The van der Waals surface area contributed by atoms with Gasteiger partial charge >= 0.3 is 5.97 Å². The van der Waals surface area contributed by atoms with Crippen LogP contribution >= 0.6 is 0 Å². The molecule has 202 valence electrons. The van der Waals surface area contributed by atoms with E-state index in [1.54, 1.807) is 0 Å². The fourth-order valence-electron chi connectivity index (χ4n) is 6.39. The van der Waals surface area contributed by atoms with E-state index in [0.717, 1.165) is 51.4 Å². The Labute approximate surface area is 218 Å². The first-order chi connectivity index (χ1) is 17.6. The maximum Gasteiger partial charge on any atom is 0.326 e. The van der Waals surface area contributed by atoms with Gasteiger partial charge in [0.15, 0.2) is 0 Å². The molecule has 2 aliphatic carbocycles. The Morgan fingerprint density at radius 2 is 1.73 bits per heavy atom. The zero-order valence-corrected chi connectivity index (χ0v) is 22.0. The van der Waals surface area contributed by atoms with Crippen LogP contribution in [0.15, 0.2) is 18.6 Å². The highest BCUT2D eigenvalue weighted by molar-refractivity contribution is 5.97. The maximum absolute atomic E-state index is 13.9. The molecule has 1 aromatic rings. The van der Waals surface area contributed by atoms with Crippen LogP contribution < -0.4 is 10.6 Å². The highest BCUT2D eigenvalue weighted by Gasteiger charge is 2.52. The molecule has 10 nitrogen and oxygen atoms in total. The number of rotatable bonds is 7. The van der Waals surface area contributed by atoms with Crippen molar-refractivity contribution in [2.24, 2.45) is 23.2 Å². The summed E-state index contributed by atoms with van der Waals surface area (Å²) in [6, 6.07) is -2.63. The van der Waals surface area contributed by atoms with Crippen molar-refractivity contribution < 1.29 is 24.3 Å². The van der Waals surface area contributed by atoms with Gasteiger partial charge in [-0.1, -0.05) is 46.5 Å². The first kappa shape index (κ1) is 27.0. The van der Waals surface area contributed by atoms with Crippen molar-refractivity contribution in [3.63, 3.8) is 0 Å². The Morgan fingerprint density at radius 1 is 1.00 bits per heavy atom. The summed E-state index contributed by atoms with van der Waals surface area (Å²) in [6.45, 7) is 5.97. The van der Waals surface area contributed by atoms with Crippen LogP contribution in [0.25, 0.3) is 0 Å². The Hall–Kier alpha value is -3.04. The van der Waals surface area contributed by atoms with Crippen LogP contribution in [0.3, 0.4) is 0 Å². The second kappa shape index (κ2) is 11.1. The first-order valence-electron chi connectivity index (χ1n) is 13.5. The molecule has 1 saturated heterocycles. The molecule has 1 unspecified atom stereocenters. The zero-order valence-electron chi connectivity index (χ0n) is 22.0. The van der Waals surface area contributed by atoms with E-state index in [1.165, 1.54) is 23.5 Å². The third-order valence-electron chi connectivity index (χ3n) is 8.31. The predicted molar refractivity (Wildman–Crippen MR) is 135 cm³/mol. The first-order valence-corrected chi connectivity index (χ1v) is 13.5. The fourth-order valence-corrected chi connectivity index (χ4v) is 6.39. The van der Waals surface area contributed by atoms with Crippen LogP contribution in [-0.4, -0.2) is 68.3 Å². The van der Waals surface area contributed by atoms with Gasteiger partial charge in [-0.05, 0) is 48.9 Å². The number of hydrogen-bond donors (Lipinski definition) is 3. The number of likely N-dealkylation sites (tertiary alicyclic amines) is 1. The molecule has 2 heterocycles. The normalized spacial score (nSPS) is 25.7. The van der Waals surface area contributed by atoms with Crippen molar-refractivity contribution in [1.29, 1.82) is 0 Å². The number of fused-ring (bicyclic) bond motifs is 1. The minimum Gasteiger partial charge on any atom is -0.480 e. The number of carbonyl (C=O) groups excluding carboxylic acids is 3. The summed E-state index contributed by atoms with van der Waals surface area (Å²) in [7, 11) is 0. The SMILES string of the molecule is CC(C)(C)[C@H](NC(=O)[C@@H](NC(=O)c1cnccn1)C1CCCCC1)C(=O)N1CC2CCC[C@H]2[C@H]1C(=O)O. The lowest BCUT2D eigenvalue weighted by Gasteiger charge is -2.37. The van der Waals surface area contributed by atoms with E-state index in [0.29, 0.717) is 6.54 Å². The highest BCUT2D eigenvalue weighted by atomic mass is 16.4. The molecule has 0 radical (unpaired) electrons. The molecule has 0 aromatic carbocycles. The lowest BCUT2D eigenvalue weighted by molar-refractivity contribution is -0.152. The Balaban J connectivity index is 1.56. The summed E-state index contributed by atoms with van der Waals surface area (Å²) in [5, 5.41) is 15.8. The summed E-state index contributed by atoms with van der Waals surface area (Å²) in [5.41, 5.74) is -0.549. The van der Waals surface area contributed by atoms with Crippen LogP contribution in [0.4, 0.5) is 0 Å². The standard InChI is InChI=1S/C27H39N5O5/c1-27(2,3)22(25(35)32-15-17-10-7-11-18(17)21(32)26(36)37)31-24(34)20(16-8-5-4-6-9-16)30-23(33)19-14-28-12-13-29-19/h12-14,16-18,20-22H,4-11,15H2,1-3H3,(H,30,33)(H,31,34)(H,36,37)/t17?,18-,20+,21+,22-/m1/s1. The van der Waals surface area contributed by atoms with E-state index in [-0.39, 0.29) is 29.4 Å². The molecule has 5 atom stereocenters. The molecular formula is C27H39N5O5. The molecule has 37 heavy (non-hydrogen) atoms. The highest BCUT2D eigenvalue weighted by Crippen LogP contribution is 2.43. The average Bonchev–Trinajstić information content (AvgIpc) is 3.47. The van der Waals surface area contributed by atoms with Gasteiger partial charge < -0.3 is 20.6 Å². The van der Waals surface area contributed by atoms with Gasteiger partial charge in [0, 0.05) is 18.9 Å². The molecule has 1 aliphatic heterocycles. The van der Waals surface area contributed by atoms with Crippen LogP contribution in [0.1, 0.15) is 82.6 Å². The number of aromatic nitrogens is 2. The quantitative estimate of drug-likeness (QED) is 0.508. The monoisotopic (exact) mass is 513 g/mol. The number of nitrogens with one attached hydrogen (secondary N) is 2. The average molecular weight is 514 g/mol. The number of carboxylic acids is 1. The molecule has 10 heteroatoms. The van der Waals surface area contributed by atoms with E-state index in [4.69, 9.17) is 0 Å².